The molecule has 9 heavy (non-hydrogen) atoms. The highest BCUT2D eigenvalue weighted by Crippen LogP contribution is 2.07. The zero-order valence-corrected chi connectivity index (χ0v) is 5.88. The summed E-state index contributed by atoms with van der Waals surface area (Å²) in [5, 5.41) is 3.73. The summed E-state index contributed by atoms with van der Waals surface area (Å²) < 4.78 is 4.76. The van der Waals surface area contributed by atoms with Gasteiger partial charge in [-0.05, 0) is 0 Å². The van der Waals surface area contributed by atoms with E-state index >= 15 is 0 Å². The first-order chi connectivity index (χ1) is 4.20. The predicted molar refractivity (Wildman–Crippen MR) is 33.1 cm³/mol. The fourth-order valence-electron chi connectivity index (χ4n) is 0.549. The van der Waals surface area contributed by atoms with Crippen LogP contribution in [-0.4, -0.2) is 10.1 Å². The lowest BCUT2D eigenvalue weighted by Gasteiger charge is -1.90. The van der Waals surface area contributed by atoms with E-state index in [1.165, 1.54) is 0 Å². The van der Waals surface area contributed by atoms with Crippen LogP contribution in [0.5, 0.6) is 0 Å². The number of nitrogens with zero attached hydrogens (tertiary/aromatic N) is 2. The summed E-state index contributed by atoms with van der Waals surface area (Å²) in [5.41, 5.74) is 0. The van der Waals surface area contributed by atoms with Crippen molar-refractivity contribution >= 4 is 0 Å². The first kappa shape index (κ1) is 6.26. The fourth-order valence-corrected chi connectivity index (χ4v) is 0.549. The summed E-state index contributed by atoms with van der Waals surface area (Å²) in [4.78, 5) is 4.03. The van der Waals surface area contributed by atoms with E-state index in [1.54, 1.807) is 6.92 Å². The van der Waals surface area contributed by atoms with Crippen LogP contribution < -0.4 is 0 Å². The van der Waals surface area contributed by atoms with Gasteiger partial charge in [-0.25, -0.2) is 0 Å². The van der Waals surface area contributed by atoms with Crippen molar-refractivity contribution in [2.45, 2.75) is 26.7 Å². The summed E-state index contributed by atoms with van der Waals surface area (Å²) in [5.74, 6) is 1.79. The molecular weight excluding hydrogens is 116 g/mol. The van der Waals surface area contributed by atoms with Gasteiger partial charge in [0.1, 0.15) is 0 Å². The molecule has 1 aromatic heterocycles. The number of aromatic nitrogens is 2. The lowest BCUT2D eigenvalue weighted by atomic mass is 10.2. The van der Waals surface area contributed by atoms with Crippen molar-refractivity contribution in [3.05, 3.63) is 11.7 Å². The van der Waals surface area contributed by atoms with Crippen LogP contribution in [0.3, 0.4) is 0 Å². The molecule has 0 saturated heterocycles. The Labute approximate surface area is 54.1 Å². The molecule has 1 heterocycles. The molecule has 50 valence electrons. The van der Waals surface area contributed by atoms with Gasteiger partial charge in [-0.2, -0.15) is 4.98 Å². The molecule has 3 nitrogen and oxygen atoms in total. The van der Waals surface area contributed by atoms with Crippen molar-refractivity contribution in [2.24, 2.45) is 0 Å². The molecular formula is C6H10N2O. The van der Waals surface area contributed by atoms with Crippen LogP contribution in [0.1, 0.15) is 31.5 Å². The number of rotatable bonds is 1. The van der Waals surface area contributed by atoms with Crippen LogP contribution in [0.15, 0.2) is 4.52 Å². The van der Waals surface area contributed by atoms with E-state index in [4.69, 9.17) is 4.52 Å². The highest BCUT2D eigenvalue weighted by atomic mass is 16.5. The van der Waals surface area contributed by atoms with E-state index in [-0.39, 0.29) is 0 Å². The quantitative estimate of drug-likeness (QED) is 0.572. The Kier molecular flexibility index (Phi) is 1.51. The SMILES string of the molecule is Cc1nc(C(C)C)no1. The second kappa shape index (κ2) is 2.17. The Bertz CT molecular complexity index is 193. The van der Waals surface area contributed by atoms with Crippen molar-refractivity contribution in [1.82, 2.24) is 10.1 Å². The molecule has 0 aromatic carbocycles. The van der Waals surface area contributed by atoms with Gasteiger partial charge in [-0.15, -0.1) is 0 Å². The molecule has 0 unspecified atom stereocenters. The molecule has 1 rings (SSSR count). The summed E-state index contributed by atoms with van der Waals surface area (Å²) in [6, 6.07) is 0. The van der Waals surface area contributed by atoms with Crippen molar-refractivity contribution in [3.8, 4) is 0 Å². The molecule has 0 aliphatic carbocycles. The number of hydrogen-bond donors (Lipinski definition) is 0. The maximum Gasteiger partial charge on any atom is 0.223 e. The summed E-state index contributed by atoms with van der Waals surface area (Å²) in [6.07, 6.45) is 0. The molecule has 0 atom stereocenters. The van der Waals surface area contributed by atoms with Crippen molar-refractivity contribution < 1.29 is 4.52 Å². The Morgan fingerprint density at radius 2 is 2.11 bits per heavy atom. The first-order valence-corrected chi connectivity index (χ1v) is 3.00. The van der Waals surface area contributed by atoms with Crippen molar-refractivity contribution in [2.75, 3.05) is 0 Å². The molecule has 0 saturated carbocycles. The molecule has 0 amide bonds. The molecule has 0 bridgehead atoms. The number of aryl methyl sites for hydroxylation is 1. The van der Waals surface area contributed by atoms with Gasteiger partial charge in [-0.1, -0.05) is 19.0 Å². The standard InChI is InChI=1S/C6H10N2O/c1-4(2)6-7-5(3)9-8-6/h4H,1-3H3. The summed E-state index contributed by atoms with van der Waals surface area (Å²) in [7, 11) is 0. The normalized spacial score (nSPS) is 10.7. The van der Waals surface area contributed by atoms with Crippen LogP contribution in [0.25, 0.3) is 0 Å². The fraction of sp³-hybridized carbons (Fsp3) is 0.667. The first-order valence-electron chi connectivity index (χ1n) is 3.00. The Balaban J connectivity index is 2.85. The Morgan fingerprint density at radius 1 is 1.44 bits per heavy atom. The van der Waals surface area contributed by atoms with Crippen LogP contribution >= 0.6 is 0 Å². The van der Waals surface area contributed by atoms with E-state index < -0.39 is 0 Å². The van der Waals surface area contributed by atoms with Gasteiger partial charge in [0.15, 0.2) is 5.82 Å². The third-order valence-corrected chi connectivity index (χ3v) is 1.06. The second-order valence-corrected chi connectivity index (χ2v) is 2.33. The topological polar surface area (TPSA) is 38.9 Å². The average molecular weight is 126 g/mol. The lowest BCUT2D eigenvalue weighted by Crippen LogP contribution is -1.88. The van der Waals surface area contributed by atoms with E-state index in [0.29, 0.717) is 11.8 Å². The average Bonchev–Trinajstić information content (AvgIpc) is 2.14. The molecule has 3 heteroatoms. The van der Waals surface area contributed by atoms with Gasteiger partial charge in [0.25, 0.3) is 0 Å². The van der Waals surface area contributed by atoms with Gasteiger partial charge in [0.2, 0.25) is 5.89 Å². The highest BCUT2D eigenvalue weighted by Gasteiger charge is 2.04. The van der Waals surface area contributed by atoms with Gasteiger partial charge in [0.05, 0.1) is 0 Å². The van der Waals surface area contributed by atoms with E-state index in [0.717, 1.165) is 5.82 Å². The van der Waals surface area contributed by atoms with E-state index in [9.17, 15) is 0 Å². The van der Waals surface area contributed by atoms with Crippen LogP contribution in [-0.2, 0) is 0 Å². The highest BCUT2D eigenvalue weighted by molar-refractivity contribution is 4.89. The molecule has 0 spiro atoms. The van der Waals surface area contributed by atoms with Crippen LogP contribution in [0.4, 0.5) is 0 Å². The van der Waals surface area contributed by atoms with Crippen LogP contribution in [0.2, 0.25) is 0 Å². The minimum Gasteiger partial charge on any atom is -0.340 e. The largest absolute Gasteiger partial charge is 0.340 e. The minimum absolute atomic E-state index is 0.363. The lowest BCUT2D eigenvalue weighted by molar-refractivity contribution is 0.385. The predicted octanol–water partition coefficient (Wildman–Crippen LogP) is 1.50. The molecule has 0 fully saturated rings. The summed E-state index contributed by atoms with van der Waals surface area (Å²) in [6.45, 7) is 5.85. The van der Waals surface area contributed by atoms with Crippen molar-refractivity contribution in [1.29, 1.82) is 0 Å². The molecule has 0 aliphatic heterocycles. The third-order valence-electron chi connectivity index (χ3n) is 1.06. The molecule has 0 radical (unpaired) electrons. The smallest absolute Gasteiger partial charge is 0.223 e. The third kappa shape index (κ3) is 1.28. The maximum atomic E-state index is 4.76. The zero-order chi connectivity index (χ0) is 6.85. The van der Waals surface area contributed by atoms with Gasteiger partial charge in [-0.3, -0.25) is 0 Å². The van der Waals surface area contributed by atoms with Gasteiger partial charge >= 0.3 is 0 Å². The van der Waals surface area contributed by atoms with E-state index in [1.807, 2.05) is 13.8 Å². The monoisotopic (exact) mass is 126 g/mol. The van der Waals surface area contributed by atoms with Gasteiger partial charge < -0.3 is 4.52 Å². The van der Waals surface area contributed by atoms with Gasteiger partial charge in [0, 0.05) is 12.8 Å². The maximum absolute atomic E-state index is 4.76. The summed E-state index contributed by atoms with van der Waals surface area (Å²) >= 11 is 0. The molecule has 1 aromatic rings. The number of hydrogen-bond acceptors (Lipinski definition) is 3. The zero-order valence-electron chi connectivity index (χ0n) is 5.88. The Morgan fingerprint density at radius 3 is 2.33 bits per heavy atom. The molecule has 0 N–H and O–H groups in total. The second-order valence-electron chi connectivity index (χ2n) is 2.33. The minimum atomic E-state index is 0.363. The Hall–Kier alpha value is -0.860. The molecule has 0 aliphatic rings. The van der Waals surface area contributed by atoms with Crippen LogP contribution in [0, 0.1) is 6.92 Å². The van der Waals surface area contributed by atoms with E-state index in [2.05, 4.69) is 10.1 Å². The van der Waals surface area contributed by atoms with Crippen molar-refractivity contribution in [3.63, 3.8) is 0 Å².